The van der Waals surface area contributed by atoms with E-state index in [0.717, 1.165) is 37.8 Å². The highest BCUT2D eigenvalue weighted by molar-refractivity contribution is 7.99. The van der Waals surface area contributed by atoms with Crippen molar-refractivity contribution < 1.29 is 4.79 Å². The summed E-state index contributed by atoms with van der Waals surface area (Å²) in [4.78, 5) is 14.6. The van der Waals surface area contributed by atoms with Gasteiger partial charge in [-0.2, -0.15) is 16.9 Å². The quantitative estimate of drug-likeness (QED) is 0.902. The molecule has 6 heteroatoms. The second kappa shape index (κ2) is 6.73. The number of amides is 2. The first kappa shape index (κ1) is 14.8. The first-order chi connectivity index (χ1) is 10.3. The summed E-state index contributed by atoms with van der Waals surface area (Å²) >= 11 is 1.92. The Kier molecular flexibility index (Phi) is 4.73. The smallest absolute Gasteiger partial charge is 0.318 e. The lowest BCUT2D eigenvalue weighted by Crippen LogP contribution is -2.47. The standard InChI is InChI=1S/C15H24N4OS/c1-21-13-6-5-12(8-13)18-15(20)19-7-3-2-4-14(19)11-9-16-17-10-11/h9-10,12-14H,2-8H2,1H3,(H,16,17)(H,18,20)/t12-,13+,14+/m0/s1. The third kappa shape index (κ3) is 3.36. The van der Waals surface area contributed by atoms with Crippen molar-refractivity contribution in [2.75, 3.05) is 12.8 Å². The Bertz CT molecular complexity index is 464. The summed E-state index contributed by atoms with van der Waals surface area (Å²) in [5, 5.41) is 10.8. The van der Waals surface area contributed by atoms with Crippen LogP contribution in [0.25, 0.3) is 0 Å². The van der Waals surface area contributed by atoms with Gasteiger partial charge in [-0.15, -0.1) is 0 Å². The van der Waals surface area contributed by atoms with Crippen LogP contribution in [0.5, 0.6) is 0 Å². The van der Waals surface area contributed by atoms with Gasteiger partial charge >= 0.3 is 6.03 Å². The lowest BCUT2D eigenvalue weighted by molar-refractivity contribution is 0.148. The van der Waals surface area contributed by atoms with Crippen molar-refractivity contribution in [1.29, 1.82) is 0 Å². The molecule has 3 atom stereocenters. The Hall–Kier alpha value is -1.17. The zero-order chi connectivity index (χ0) is 14.7. The van der Waals surface area contributed by atoms with E-state index in [-0.39, 0.29) is 12.1 Å². The van der Waals surface area contributed by atoms with E-state index in [1.807, 2.05) is 29.1 Å². The van der Waals surface area contributed by atoms with E-state index >= 15 is 0 Å². The summed E-state index contributed by atoms with van der Waals surface area (Å²) in [6.07, 6.45) is 12.7. The zero-order valence-corrected chi connectivity index (χ0v) is 13.4. The number of aromatic amines is 1. The van der Waals surface area contributed by atoms with Crippen LogP contribution in [-0.4, -0.2) is 45.2 Å². The Balaban J connectivity index is 1.62. The van der Waals surface area contributed by atoms with Crippen LogP contribution in [-0.2, 0) is 0 Å². The van der Waals surface area contributed by atoms with Gasteiger partial charge in [0, 0.05) is 29.6 Å². The topological polar surface area (TPSA) is 61.0 Å². The predicted molar refractivity (Wildman–Crippen MR) is 85.4 cm³/mol. The molecule has 0 spiro atoms. The minimum atomic E-state index is 0.104. The molecule has 2 N–H and O–H groups in total. The predicted octanol–water partition coefficient (Wildman–Crippen LogP) is 2.93. The molecular formula is C15H24N4OS. The third-order valence-corrected chi connectivity index (χ3v) is 5.81. The van der Waals surface area contributed by atoms with Gasteiger partial charge in [-0.25, -0.2) is 4.79 Å². The molecule has 0 aromatic carbocycles. The molecule has 1 aliphatic heterocycles. The van der Waals surface area contributed by atoms with Gasteiger partial charge in [0.2, 0.25) is 0 Å². The van der Waals surface area contributed by atoms with Crippen LogP contribution in [0.4, 0.5) is 4.79 Å². The van der Waals surface area contributed by atoms with Crippen molar-refractivity contribution in [1.82, 2.24) is 20.4 Å². The van der Waals surface area contributed by atoms with E-state index in [9.17, 15) is 4.79 Å². The van der Waals surface area contributed by atoms with E-state index in [2.05, 4.69) is 21.8 Å². The molecule has 2 fully saturated rings. The minimum Gasteiger partial charge on any atom is -0.335 e. The van der Waals surface area contributed by atoms with Gasteiger partial charge in [-0.3, -0.25) is 5.10 Å². The van der Waals surface area contributed by atoms with Crippen molar-refractivity contribution in [3.05, 3.63) is 18.0 Å². The fourth-order valence-electron chi connectivity index (χ4n) is 3.51. The zero-order valence-electron chi connectivity index (χ0n) is 12.5. The van der Waals surface area contributed by atoms with Gasteiger partial charge in [-0.1, -0.05) is 0 Å². The average molecular weight is 308 g/mol. The molecule has 5 nitrogen and oxygen atoms in total. The monoisotopic (exact) mass is 308 g/mol. The van der Waals surface area contributed by atoms with Crippen molar-refractivity contribution in [2.24, 2.45) is 0 Å². The number of nitrogens with zero attached hydrogens (tertiary/aromatic N) is 2. The number of hydrogen-bond acceptors (Lipinski definition) is 3. The highest BCUT2D eigenvalue weighted by Gasteiger charge is 2.31. The van der Waals surface area contributed by atoms with E-state index in [4.69, 9.17) is 0 Å². The van der Waals surface area contributed by atoms with E-state index in [1.54, 1.807) is 0 Å². The Labute approximate surface area is 130 Å². The summed E-state index contributed by atoms with van der Waals surface area (Å²) in [5.74, 6) is 0. The van der Waals surface area contributed by atoms with E-state index < -0.39 is 0 Å². The van der Waals surface area contributed by atoms with Crippen molar-refractivity contribution in [3.63, 3.8) is 0 Å². The molecule has 1 aromatic rings. The molecule has 0 radical (unpaired) electrons. The first-order valence-electron chi connectivity index (χ1n) is 7.86. The van der Waals surface area contributed by atoms with Gasteiger partial charge < -0.3 is 10.2 Å². The normalized spacial score (nSPS) is 29.6. The van der Waals surface area contributed by atoms with Crippen LogP contribution in [0, 0.1) is 0 Å². The molecule has 3 rings (SSSR count). The number of H-pyrrole nitrogens is 1. The molecule has 0 unspecified atom stereocenters. The van der Waals surface area contributed by atoms with E-state index in [1.165, 1.54) is 12.8 Å². The van der Waals surface area contributed by atoms with Gasteiger partial charge in [-0.05, 0) is 44.8 Å². The molecule has 116 valence electrons. The van der Waals surface area contributed by atoms with Crippen molar-refractivity contribution >= 4 is 17.8 Å². The van der Waals surface area contributed by atoms with E-state index in [0.29, 0.717) is 11.3 Å². The molecular weight excluding hydrogens is 284 g/mol. The van der Waals surface area contributed by atoms with Crippen LogP contribution >= 0.6 is 11.8 Å². The molecule has 1 saturated heterocycles. The number of urea groups is 1. The summed E-state index contributed by atoms with van der Waals surface area (Å²) < 4.78 is 0. The van der Waals surface area contributed by atoms with Gasteiger partial charge in [0.05, 0.1) is 12.2 Å². The van der Waals surface area contributed by atoms with Gasteiger partial charge in [0.1, 0.15) is 0 Å². The fourth-order valence-corrected chi connectivity index (χ4v) is 4.30. The number of thioether (sulfide) groups is 1. The number of carbonyl (C=O) groups excluding carboxylic acids is 1. The fraction of sp³-hybridized carbons (Fsp3) is 0.733. The lowest BCUT2D eigenvalue weighted by atomic mass is 9.98. The Morgan fingerprint density at radius 3 is 3.05 bits per heavy atom. The van der Waals surface area contributed by atoms with Crippen LogP contribution in [0.3, 0.4) is 0 Å². The number of piperidine rings is 1. The van der Waals surface area contributed by atoms with Crippen LogP contribution in [0.15, 0.2) is 12.4 Å². The number of rotatable bonds is 3. The second-order valence-electron chi connectivity index (χ2n) is 6.05. The molecule has 1 aliphatic carbocycles. The maximum Gasteiger partial charge on any atom is 0.318 e. The van der Waals surface area contributed by atoms with Crippen molar-refractivity contribution in [3.8, 4) is 0 Å². The number of hydrogen-bond donors (Lipinski definition) is 2. The molecule has 1 aromatic heterocycles. The van der Waals surface area contributed by atoms with Crippen LogP contribution in [0.1, 0.15) is 50.1 Å². The Morgan fingerprint density at radius 1 is 1.43 bits per heavy atom. The van der Waals surface area contributed by atoms with Crippen molar-refractivity contribution in [2.45, 2.75) is 55.9 Å². The second-order valence-corrected chi connectivity index (χ2v) is 7.19. The Morgan fingerprint density at radius 2 is 2.33 bits per heavy atom. The van der Waals surface area contributed by atoms with Gasteiger partial charge in [0.25, 0.3) is 0 Å². The minimum absolute atomic E-state index is 0.104. The average Bonchev–Trinajstić information content (AvgIpc) is 3.18. The largest absolute Gasteiger partial charge is 0.335 e. The molecule has 1 saturated carbocycles. The van der Waals surface area contributed by atoms with Crippen LogP contribution in [0.2, 0.25) is 0 Å². The first-order valence-corrected chi connectivity index (χ1v) is 9.15. The summed E-state index contributed by atoms with van der Waals surface area (Å²) in [6.45, 7) is 0.848. The maximum absolute atomic E-state index is 12.6. The van der Waals surface area contributed by atoms with Gasteiger partial charge in [0.15, 0.2) is 0 Å². The molecule has 2 heterocycles. The maximum atomic E-state index is 12.6. The van der Waals surface area contributed by atoms with Crippen LogP contribution < -0.4 is 5.32 Å². The number of carbonyl (C=O) groups is 1. The molecule has 21 heavy (non-hydrogen) atoms. The number of nitrogens with one attached hydrogen (secondary N) is 2. The number of likely N-dealkylation sites (tertiary alicyclic amines) is 1. The highest BCUT2D eigenvalue weighted by Crippen LogP contribution is 2.32. The molecule has 0 bridgehead atoms. The summed E-state index contributed by atoms with van der Waals surface area (Å²) in [7, 11) is 0. The highest BCUT2D eigenvalue weighted by atomic mass is 32.2. The molecule has 2 aliphatic rings. The third-order valence-electron chi connectivity index (χ3n) is 4.71. The summed E-state index contributed by atoms with van der Waals surface area (Å²) in [5.41, 5.74) is 1.12. The lowest BCUT2D eigenvalue weighted by Gasteiger charge is -2.36. The molecule has 2 amide bonds. The SMILES string of the molecule is CS[C@@H]1CC[C@H](NC(=O)N2CCCC[C@@H]2c2cn[nH]c2)C1. The summed E-state index contributed by atoms with van der Waals surface area (Å²) in [6, 6.07) is 0.629. The number of aromatic nitrogens is 2.